The molecule has 0 saturated heterocycles. The number of carboxylic acids is 1. The molecule has 7 nitrogen and oxygen atoms in total. The van der Waals surface area contributed by atoms with Crippen molar-refractivity contribution in [3.05, 3.63) is 28.8 Å². The van der Waals surface area contributed by atoms with Crippen LogP contribution in [0.25, 0.3) is 5.95 Å². The molecule has 2 aromatic heterocycles. The van der Waals surface area contributed by atoms with Crippen molar-refractivity contribution < 1.29 is 9.90 Å². The van der Waals surface area contributed by atoms with E-state index in [0.717, 1.165) is 11.4 Å². The Morgan fingerprint density at radius 3 is 2.41 bits per heavy atom. The van der Waals surface area contributed by atoms with Gasteiger partial charge in [0.1, 0.15) is 5.56 Å². The Morgan fingerprint density at radius 1 is 1.18 bits per heavy atom. The normalized spacial score (nSPS) is 10.5. The maximum Gasteiger partial charge on any atom is 0.339 e. The van der Waals surface area contributed by atoms with E-state index in [1.54, 1.807) is 13.8 Å². The number of aromatic carboxylic acids is 1. The molecular weight excluding hydrogens is 222 g/mol. The molecule has 0 fully saturated rings. The van der Waals surface area contributed by atoms with Gasteiger partial charge in [-0.3, -0.25) is 0 Å². The average Bonchev–Trinajstić information content (AvgIpc) is 2.64. The lowest BCUT2D eigenvalue weighted by Crippen LogP contribution is -2.06. The van der Waals surface area contributed by atoms with Gasteiger partial charge < -0.3 is 5.11 Å². The minimum Gasteiger partial charge on any atom is -0.478 e. The number of hydrogen-bond donors (Lipinski definition) is 1. The molecule has 1 N–H and O–H groups in total. The third kappa shape index (κ3) is 1.99. The molecule has 2 heterocycles. The van der Waals surface area contributed by atoms with Gasteiger partial charge in [0.25, 0.3) is 5.95 Å². The van der Waals surface area contributed by atoms with Crippen LogP contribution >= 0.6 is 0 Å². The van der Waals surface area contributed by atoms with Crippen molar-refractivity contribution in [1.82, 2.24) is 25.0 Å². The lowest BCUT2D eigenvalue weighted by molar-refractivity contribution is 0.0696. The highest BCUT2D eigenvalue weighted by Crippen LogP contribution is 2.09. The quantitative estimate of drug-likeness (QED) is 0.819. The van der Waals surface area contributed by atoms with Crippen molar-refractivity contribution in [3.8, 4) is 5.95 Å². The van der Waals surface area contributed by atoms with E-state index >= 15 is 0 Å². The fraction of sp³-hybridized carbons (Fsp3) is 0.300. The highest BCUT2D eigenvalue weighted by atomic mass is 16.4. The van der Waals surface area contributed by atoms with Gasteiger partial charge in [-0.1, -0.05) is 0 Å². The van der Waals surface area contributed by atoms with E-state index in [4.69, 9.17) is 5.11 Å². The lowest BCUT2D eigenvalue weighted by Gasteiger charge is -2.00. The van der Waals surface area contributed by atoms with E-state index in [9.17, 15) is 4.79 Å². The maximum absolute atomic E-state index is 10.9. The first-order valence-corrected chi connectivity index (χ1v) is 4.97. The van der Waals surface area contributed by atoms with Gasteiger partial charge >= 0.3 is 5.97 Å². The number of nitrogens with zero attached hydrogens (tertiary/aromatic N) is 5. The molecule has 0 saturated carbocycles. The van der Waals surface area contributed by atoms with Crippen molar-refractivity contribution in [2.24, 2.45) is 0 Å². The first-order valence-electron chi connectivity index (χ1n) is 4.97. The SMILES string of the molecule is Cc1nn(-c2nnc(C)c(C)n2)cc1C(=O)O. The van der Waals surface area contributed by atoms with Gasteiger partial charge in [0, 0.05) is 6.20 Å². The van der Waals surface area contributed by atoms with Gasteiger partial charge in [-0.2, -0.15) is 10.2 Å². The molecule has 0 aliphatic heterocycles. The number of aromatic nitrogens is 5. The minimum absolute atomic E-state index is 0.131. The van der Waals surface area contributed by atoms with Crippen LogP contribution in [0.3, 0.4) is 0 Å². The topological polar surface area (TPSA) is 93.8 Å². The third-order valence-electron chi connectivity index (χ3n) is 2.41. The second-order valence-corrected chi connectivity index (χ2v) is 3.66. The highest BCUT2D eigenvalue weighted by molar-refractivity contribution is 5.88. The van der Waals surface area contributed by atoms with Crippen molar-refractivity contribution in [2.45, 2.75) is 20.8 Å². The number of carboxylic acid groups (broad SMARTS) is 1. The van der Waals surface area contributed by atoms with Crippen molar-refractivity contribution in [3.63, 3.8) is 0 Å². The number of carbonyl (C=O) groups is 1. The Labute approximate surface area is 97.1 Å². The molecule has 0 radical (unpaired) electrons. The third-order valence-corrected chi connectivity index (χ3v) is 2.41. The summed E-state index contributed by atoms with van der Waals surface area (Å²) in [6.07, 6.45) is 1.38. The Balaban J connectivity index is 2.50. The molecular formula is C10H11N5O2. The molecule has 7 heteroatoms. The monoisotopic (exact) mass is 233 g/mol. The van der Waals surface area contributed by atoms with E-state index in [1.807, 2.05) is 6.92 Å². The Kier molecular flexibility index (Phi) is 2.58. The molecule has 0 aliphatic rings. The van der Waals surface area contributed by atoms with Crippen LogP contribution in [0.15, 0.2) is 6.20 Å². The van der Waals surface area contributed by atoms with E-state index in [2.05, 4.69) is 20.3 Å². The van der Waals surface area contributed by atoms with Crippen LogP contribution in [0.1, 0.15) is 27.4 Å². The van der Waals surface area contributed by atoms with Gasteiger partial charge in [-0.15, -0.1) is 5.10 Å². The van der Waals surface area contributed by atoms with Crippen molar-refractivity contribution in [1.29, 1.82) is 0 Å². The molecule has 0 unspecified atom stereocenters. The van der Waals surface area contributed by atoms with Crippen molar-refractivity contribution >= 4 is 5.97 Å². The summed E-state index contributed by atoms with van der Waals surface area (Å²) in [5.41, 5.74) is 2.02. The molecule has 0 aromatic carbocycles. The zero-order chi connectivity index (χ0) is 12.6. The predicted molar refractivity (Wildman–Crippen MR) is 58.1 cm³/mol. The molecule has 2 rings (SSSR count). The fourth-order valence-electron chi connectivity index (χ4n) is 1.31. The molecule has 2 aromatic rings. The molecule has 0 aliphatic carbocycles. The van der Waals surface area contributed by atoms with Gasteiger partial charge in [-0.05, 0) is 20.8 Å². The molecule has 0 atom stereocenters. The average molecular weight is 233 g/mol. The summed E-state index contributed by atoms with van der Waals surface area (Å²) in [5, 5.41) is 20.7. The molecule has 88 valence electrons. The summed E-state index contributed by atoms with van der Waals surface area (Å²) in [6, 6.07) is 0. The summed E-state index contributed by atoms with van der Waals surface area (Å²) in [7, 11) is 0. The Morgan fingerprint density at radius 2 is 1.88 bits per heavy atom. The van der Waals surface area contributed by atoms with Crippen LogP contribution in [-0.4, -0.2) is 36.0 Å². The second kappa shape index (κ2) is 3.93. The Hall–Kier alpha value is -2.31. The van der Waals surface area contributed by atoms with Gasteiger partial charge in [0.2, 0.25) is 0 Å². The predicted octanol–water partition coefficient (Wildman–Crippen LogP) is 0.681. The highest BCUT2D eigenvalue weighted by Gasteiger charge is 2.14. The molecule has 0 bridgehead atoms. The Bertz CT molecular complexity index is 590. The summed E-state index contributed by atoms with van der Waals surface area (Å²) in [4.78, 5) is 15.1. The van der Waals surface area contributed by atoms with Crippen LogP contribution in [0.5, 0.6) is 0 Å². The van der Waals surface area contributed by atoms with Crippen LogP contribution in [-0.2, 0) is 0 Å². The first-order chi connectivity index (χ1) is 7.99. The first kappa shape index (κ1) is 11.2. The smallest absolute Gasteiger partial charge is 0.339 e. The molecule has 0 amide bonds. The van der Waals surface area contributed by atoms with Crippen LogP contribution in [0.4, 0.5) is 0 Å². The minimum atomic E-state index is -1.02. The van der Waals surface area contributed by atoms with E-state index < -0.39 is 5.97 Å². The van der Waals surface area contributed by atoms with E-state index in [1.165, 1.54) is 10.9 Å². The van der Waals surface area contributed by atoms with Crippen LogP contribution in [0, 0.1) is 20.8 Å². The van der Waals surface area contributed by atoms with Gasteiger partial charge in [0.05, 0.1) is 17.1 Å². The molecule has 0 spiro atoms. The zero-order valence-corrected chi connectivity index (χ0v) is 9.67. The number of aryl methyl sites for hydroxylation is 3. The van der Waals surface area contributed by atoms with Crippen molar-refractivity contribution in [2.75, 3.05) is 0 Å². The van der Waals surface area contributed by atoms with Crippen LogP contribution in [0.2, 0.25) is 0 Å². The summed E-state index contributed by atoms with van der Waals surface area (Å²) >= 11 is 0. The number of hydrogen-bond acceptors (Lipinski definition) is 5. The maximum atomic E-state index is 10.9. The zero-order valence-electron chi connectivity index (χ0n) is 9.67. The standard InChI is InChI=1S/C10H11N5O2/c1-5-6(2)12-13-10(11-5)15-4-8(9(16)17)7(3)14-15/h4H,1-3H3,(H,16,17). The lowest BCUT2D eigenvalue weighted by atomic mass is 10.3. The summed E-state index contributed by atoms with van der Waals surface area (Å²) in [6.45, 7) is 5.23. The van der Waals surface area contributed by atoms with Crippen LogP contribution < -0.4 is 0 Å². The van der Waals surface area contributed by atoms with E-state index in [0.29, 0.717) is 5.69 Å². The largest absolute Gasteiger partial charge is 0.478 e. The van der Waals surface area contributed by atoms with Gasteiger partial charge in [-0.25, -0.2) is 14.5 Å². The fourth-order valence-corrected chi connectivity index (χ4v) is 1.31. The number of rotatable bonds is 2. The van der Waals surface area contributed by atoms with Gasteiger partial charge in [0.15, 0.2) is 0 Å². The second-order valence-electron chi connectivity index (χ2n) is 3.66. The van der Waals surface area contributed by atoms with E-state index in [-0.39, 0.29) is 11.5 Å². The summed E-state index contributed by atoms with van der Waals surface area (Å²) in [5.74, 6) is -0.755. The molecule has 17 heavy (non-hydrogen) atoms. The summed E-state index contributed by atoms with van der Waals surface area (Å²) < 4.78 is 1.32.